The van der Waals surface area contributed by atoms with Gasteiger partial charge in [-0.05, 0) is 51.0 Å². The maximum atomic E-state index is 13.7. The van der Waals surface area contributed by atoms with Gasteiger partial charge in [-0.25, -0.2) is 9.18 Å². The summed E-state index contributed by atoms with van der Waals surface area (Å²) in [6.07, 6.45) is 0.596. The fraction of sp³-hybridized carbons (Fsp3) is 0.273. The van der Waals surface area contributed by atoms with Gasteiger partial charge in [-0.15, -0.1) is 0 Å². The number of hydrogen-bond donors (Lipinski definition) is 1. The molecule has 0 bridgehead atoms. The number of nitrogens with one attached hydrogen (secondary N) is 1. The van der Waals surface area contributed by atoms with Crippen LogP contribution in [0.15, 0.2) is 59.5 Å². The summed E-state index contributed by atoms with van der Waals surface area (Å²) in [7, 11) is 0. The summed E-state index contributed by atoms with van der Waals surface area (Å²) in [5.74, 6) is -0.499. The van der Waals surface area contributed by atoms with E-state index in [0.29, 0.717) is 11.1 Å². The molecular formula is C22H23FN2O3. The first-order chi connectivity index (χ1) is 13.2. The molecule has 2 heterocycles. The number of pyridine rings is 2. The second-order valence-corrected chi connectivity index (χ2v) is 7.65. The highest BCUT2D eigenvalue weighted by molar-refractivity contribution is 5.84. The second kappa shape index (κ2) is 7.46. The molecular weight excluding hydrogens is 359 g/mol. The number of carbonyl (C=O) groups excluding carboxylic acids is 1. The minimum absolute atomic E-state index is 0.373. The molecule has 3 rings (SSSR count). The number of hydrogen-bond acceptors (Lipinski definition) is 3. The van der Waals surface area contributed by atoms with Crippen LogP contribution in [0, 0.1) is 5.82 Å². The fourth-order valence-electron chi connectivity index (χ4n) is 3.11. The Morgan fingerprint density at radius 2 is 1.82 bits per heavy atom. The summed E-state index contributed by atoms with van der Waals surface area (Å²) < 4.78 is 20.3. The summed E-state index contributed by atoms with van der Waals surface area (Å²) >= 11 is 0. The lowest BCUT2D eigenvalue weighted by Crippen LogP contribution is -2.34. The Bertz CT molecular complexity index is 1070. The van der Waals surface area contributed by atoms with Crippen molar-refractivity contribution < 1.29 is 13.9 Å². The van der Waals surface area contributed by atoms with Gasteiger partial charge in [0.25, 0.3) is 5.56 Å². The van der Waals surface area contributed by atoms with E-state index < -0.39 is 23.6 Å². The molecule has 28 heavy (non-hydrogen) atoms. The topological polar surface area (TPSA) is 59.8 Å². The zero-order valence-electron chi connectivity index (χ0n) is 16.3. The van der Waals surface area contributed by atoms with Gasteiger partial charge in [-0.2, -0.15) is 0 Å². The molecule has 1 aromatic carbocycles. The molecule has 0 aliphatic heterocycles. The maximum absolute atomic E-state index is 13.7. The molecule has 1 unspecified atom stereocenters. The normalized spacial score (nSPS) is 12.6. The molecule has 0 saturated carbocycles. The number of amides is 1. The van der Waals surface area contributed by atoms with E-state index in [0.717, 1.165) is 11.1 Å². The van der Waals surface area contributed by atoms with E-state index in [1.807, 2.05) is 30.3 Å². The van der Waals surface area contributed by atoms with Crippen LogP contribution in [-0.4, -0.2) is 16.1 Å². The summed E-state index contributed by atoms with van der Waals surface area (Å²) in [4.78, 5) is 24.8. The van der Waals surface area contributed by atoms with Crippen LogP contribution in [0.25, 0.3) is 16.6 Å². The van der Waals surface area contributed by atoms with Gasteiger partial charge in [-0.3, -0.25) is 9.20 Å². The molecule has 0 spiro atoms. The summed E-state index contributed by atoms with van der Waals surface area (Å²) in [5, 5.41) is 2.78. The number of alkyl carbamates (subject to hydrolysis) is 1. The lowest BCUT2D eigenvalue weighted by Gasteiger charge is -2.24. The molecule has 5 nitrogen and oxygen atoms in total. The highest BCUT2D eigenvalue weighted by atomic mass is 19.1. The molecule has 0 radical (unpaired) electrons. The minimum Gasteiger partial charge on any atom is -0.444 e. The van der Waals surface area contributed by atoms with Gasteiger partial charge in [-0.1, -0.05) is 30.3 Å². The third kappa shape index (κ3) is 4.22. The van der Waals surface area contributed by atoms with Crippen LogP contribution in [0.3, 0.4) is 0 Å². The first kappa shape index (κ1) is 19.6. The highest BCUT2D eigenvalue weighted by Gasteiger charge is 2.22. The zero-order valence-corrected chi connectivity index (χ0v) is 16.3. The molecule has 6 heteroatoms. The predicted octanol–water partition coefficient (Wildman–Crippen LogP) is 4.69. The Hall–Kier alpha value is -3.15. The van der Waals surface area contributed by atoms with Crippen LogP contribution >= 0.6 is 0 Å². The first-order valence-electron chi connectivity index (χ1n) is 9.05. The SMILES string of the molecule is CC(NC(=O)OC(C)(C)C)c1cc(=O)n2cc(F)ccc2c1-c1ccccc1. The summed E-state index contributed by atoms with van der Waals surface area (Å²) in [5.41, 5.74) is 1.80. The van der Waals surface area contributed by atoms with Crippen LogP contribution in [0.2, 0.25) is 0 Å². The number of aromatic nitrogens is 1. The monoisotopic (exact) mass is 382 g/mol. The average molecular weight is 382 g/mol. The van der Waals surface area contributed by atoms with Crippen molar-refractivity contribution in [2.75, 3.05) is 0 Å². The van der Waals surface area contributed by atoms with Crippen molar-refractivity contribution in [1.29, 1.82) is 0 Å². The van der Waals surface area contributed by atoms with Crippen molar-refractivity contribution in [2.45, 2.75) is 39.3 Å². The number of rotatable bonds is 3. The van der Waals surface area contributed by atoms with Crippen molar-refractivity contribution >= 4 is 11.6 Å². The van der Waals surface area contributed by atoms with Gasteiger partial charge in [0.2, 0.25) is 0 Å². The van der Waals surface area contributed by atoms with Gasteiger partial charge < -0.3 is 10.1 Å². The lowest BCUT2D eigenvalue weighted by molar-refractivity contribution is 0.0508. The van der Waals surface area contributed by atoms with Crippen LogP contribution < -0.4 is 10.9 Å². The Morgan fingerprint density at radius 1 is 1.14 bits per heavy atom. The molecule has 1 atom stereocenters. The maximum Gasteiger partial charge on any atom is 0.408 e. The van der Waals surface area contributed by atoms with Crippen molar-refractivity contribution in [2.24, 2.45) is 0 Å². The van der Waals surface area contributed by atoms with E-state index in [1.165, 1.54) is 22.7 Å². The van der Waals surface area contributed by atoms with Crippen molar-refractivity contribution in [1.82, 2.24) is 9.72 Å². The second-order valence-electron chi connectivity index (χ2n) is 7.65. The molecule has 3 aromatic rings. The van der Waals surface area contributed by atoms with Gasteiger partial charge in [0.1, 0.15) is 11.4 Å². The van der Waals surface area contributed by atoms with E-state index in [4.69, 9.17) is 4.74 Å². The van der Waals surface area contributed by atoms with Crippen molar-refractivity contribution in [3.8, 4) is 11.1 Å². The number of carbonyl (C=O) groups is 1. The molecule has 1 N–H and O–H groups in total. The van der Waals surface area contributed by atoms with Crippen LogP contribution in [0.4, 0.5) is 9.18 Å². The van der Waals surface area contributed by atoms with Crippen molar-refractivity contribution in [3.63, 3.8) is 0 Å². The molecule has 0 aliphatic carbocycles. The van der Waals surface area contributed by atoms with Gasteiger partial charge in [0.15, 0.2) is 0 Å². The minimum atomic E-state index is -0.632. The zero-order chi connectivity index (χ0) is 20.5. The Balaban J connectivity index is 2.15. The number of halogens is 1. The molecule has 0 saturated heterocycles. The van der Waals surface area contributed by atoms with Gasteiger partial charge >= 0.3 is 6.09 Å². The van der Waals surface area contributed by atoms with E-state index >= 15 is 0 Å². The summed E-state index contributed by atoms with van der Waals surface area (Å²) in [6.45, 7) is 7.13. The Kier molecular flexibility index (Phi) is 5.23. The largest absolute Gasteiger partial charge is 0.444 e. The third-order valence-corrected chi connectivity index (χ3v) is 4.24. The van der Waals surface area contributed by atoms with E-state index in [-0.39, 0.29) is 5.56 Å². The molecule has 1 amide bonds. The van der Waals surface area contributed by atoms with Crippen LogP contribution in [0.5, 0.6) is 0 Å². The number of benzene rings is 1. The highest BCUT2D eigenvalue weighted by Crippen LogP contribution is 2.31. The number of ether oxygens (including phenoxy) is 1. The summed E-state index contributed by atoms with van der Waals surface area (Å²) in [6, 6.07) is 13.3. The van der Waals surface area contributed by atoms with Crippen LogP contribution in [0.1, 0.15) is 39.3 Å². The lowest BCUT2D eigenvalue weighted by atomic mass is 9.95. The Labute approximate surface area is 162 Å². The van der Waals surface area contributed by atoms with Crippen LogP contribution in [-0.2, 0) is 4.74 Å². The molecule has 0 fully saturated rings. The Morgan fingerprint density at radius 3 is 2.46 bits per heavy atom. The average Bonchev–Trinajstić information content (AvgIpc) is 2.61. The first-order valence-corrected chi connectivity index (χ1v) is 9.05. The third-order valence-electron chi connectivity index (χ3n) is 4.24. The van der Waals surface area contributed by atoms with Crippen molar-refractivity contribution in [3.05, 3.63) is 76.5 Å². The van der Waals surface area contributed by atoms with E-state index in [9.17, 15) is 14.0 Å². The smallest absolute Gasteiger partial charge is 0.408 e. The van der Waals surface area contributed by atoms with E-state index in [2.05, 4.69) is 5.32 Å². The van der Waals surface area contributed by atoms with Gasteiger partial charge in [0, 0.05) is 17.8 Å². The molecule has 2 aromatic heterocycles. The standard InChI is InChI=1S/C22H23FN2O3/c1-14(24-21(27)28-22(2,3)4)17-12-19(26)25-13-16(23)10-11-18(25)20(17)15-8-6-5-7-9-15/h5-14H,1-4H3,(H,24,27). The van der Waals surface area contributed by atoms with E-state index in [1.54, 1.807) is 33.8 Å². The quantitative estimate of drug-likeness (QED) is 0.715. The molecule has 146 valence electrons. The predicted molar refractivity (Wildman–Crippen MR) is 107 cm³/mol. The number of nitrogens with zero attached hydrogens (tertiary/aromatic N) is 1. The fourth-order valence-corrected chi connectivity index (χ4v) is 3.11. The number of fused-ring (bicyclic) bond motifs is 1. The molecule has 0 aliphatic rings. The van der Waals surface area contributed by atoms with Gasteiger partial charge in [0.05, 0.1) is 11.6 Å².